The second-order valence-corrected chi connectivity index (χ2v) is 17.3. The molecule has 57 heavy (non-hydrogen) atoms. The third-order valence-corrected chi connectivity index (χ3v) is 12.9. The molecule has 1 N–H and O–H groups in total. The SMILES string of the molecule is CC[n+]1ccc(/C=C/c2ccc(N(CCCCSSCCCCN(Cc3ccccc3)c3ccc(/C=C/C4=C[NH+](CC)C=C4)cc3)Cc3ccccc3)cc2)cc1. The van der Waals surface area contributed by atoms with Crippen molar-refractivity contribution in [2.45, 2.75) is 59.2 Å². The third-order valence-electron chi connectivity index (χ3n) is 10.3. The molecule has 0 fully saturated rings. The maximum atomic E-state index is 2.54. The molecular formula is C51H60N4S2+2. The fourth-order valence-corrected chi connectivity index (χ4v) is 9.15. The van der Waals surface area contributed by atoms with E-state index in [0.717, 1.165) is 39.3 Å². The number of nitrogens with one attached hydrogen (secondary N) is 1. The van der Waals surface area contributed by atoms with Gasteiger partial charge < -0.3 is 9.80 Å². The number of pyridine rings is 1. The summed E-state index contributed by atoms with van der Waals surface area (Å²) in [5, 5.41) is 0. The lowest BCUT2D eigenvalue weighted by molar-refractivity contribution is -0.785. The molecule has 0 aliphatic carbocycles. The summed E-state index contributed by atoms with van der Waals surface area (Å²) in [6, 6.07) is 44.2. The first-order chi connectivity index (χ1) is 28.1. The van der Waals surface area contributed by atoms with E-state index < -0.39 is 0 Å². The molecule has 1 atom stereocenters. The molecular weight excluding hydrogens is 733 g/mol. The average Bonchev–Trinajstić information content (AvgIpc) is 3.74. The molecule has 0 bridgehead atoms. The normalized spacial score (nSPS) is 13.8. The molecule has 5 aromatic rings. The lowest BCUT2D eigenvalue weighted by atomic mass is 10.1. The molecule has 2 heterocycles. The lowest BCUT2D eigenvalue weighted by Gasteiger charge is -2.25. The van der Waals surface area contributed by atoms with E-state index in [2.05, 4.69) is 205 Å². The molecule has 0 radical (unpaired) electrons. The van der Waals surface area contributed by atoms with Crippen molar-refractivity contribution in [2.24, 2.45) is 0 Å². The van der Waals surface area contributed by atoms with E-state index in [1.807, 2.05) is 21.6 Å². The van der Waals surface area contributed by atoms with Gasteiger partial charge in [0.2, 0.25) is 0 Å². The highest BCUT2D eigenvalue weighted by Crippen LogP contribution is 2.26. The molecule has 0 saturated heterocycles. The number of allylic oxidation sites excluding steroid dienone is 3. The van der Waals surface area contributed by atoms with E-state index in [1.165, 1.54) is 86.9 Å². The van der Waals surface area contributed by atoms with Crippen molar-refractivity contribution >= 4 is 51.2 Å². The maximum absolute atomic E-state index is 2.54. The summed E-state index contributed by atoms with van der Waals surface area (Å²) >= 11 is 0. The maximum Gasteiger partial charge on any atom is 0.169 e. The molecule has 6 rings (SSSR count). The Morgan fingerprint density at radius 1 is 0.544 bits per heavy atom. The minimum Gasteiger partial charge on any atom is -0.367 e. The Morgan fingerprint density at radius 2 is 1.02 bits per heavy atom. The number of quaternary nitrogens is 1. The number of aryl methyl sites for hydroxylation is 1. The number of hydrogen-bond donors (Lipinski definition) is 1. The zero-order valence-corrected chi connectivity index (χ0v) is 35.5. The molecule has 0 amide bonds. The number of aromatic nitrogens is 1. The van der Waals surface area contributed by atoms with E-state index in [0.29, 0.717) is 0 Å². The summed E-state index contributed by atoms with van der Waals surface area (Å²) in [6.07, 6.45) is 24.6. The number of benzene rings is 4. The van der Waals surface area contributed by atoms with Crippen LogP contribution in [0.15, 0.2) is 164 Å². The Hall–Kier alpha value is -4.75. The Morgan fingerprint density at radius 3 is 1.47 bits per heavy atom. The molecule has 4 aromatic carbocycles. The predicted molar refractivity (Wildman–Crippen MR) is 250 cm³/mol. The molecule has 1 unspecified atom stereocenters. The Bertz CT molecular complexity index is 2000. The van der Waals surface area contributed by atoms with Gasteiger partial charge in [-0.1, -0.05) is 125 Å². The summed E-state index contributed by atoms with van der Waals surface area (Å²) in [5.41, 5.74) is 10.2. The fraction of sp³-hybridized carbons (Fsp3) is 0.275. The lowest BCUT2D eigenvalue weighted by Crippen LogP contribution is -3.01. The van der Waals surface area contributed by atoms with Crippen LogP contribution in [0.1, 0.15) is 67.3 Å². The van der Waals surface area contributed by atoms with Crippen molar-refractivity contribution in [3.05, 3.63) is 192 Å². The quantitative estimate of drug-likeness (QED) is 0.0402. The fourth-order valence-electron chi connectivity index (χ4n) is 6.86. The van der Waals surface area contributed by atoms with Crippen molar-refractivity contribution in [3.8, 4) is 0 Å². The Balaban J connectivity index is 0.922. The van der Waals surface area contributed by atoms with Crippen LogP contribution in [0.3, 0.4) is 0 Å². The van der Waals surface area contributed by atoms with E-state index in [-0.39, 0.29) is 0 Å². The van der Waals surface area contributed by atoms with Gasteiger partial charge in [-0.25, -0.2) is 4.57 Å². The van der Waals surface area contributed by atoms with E-state index in [9.17, 15) is 0 Å². The van der Waals surface area contributed by atoms with Gasteiger partial charge in [-0.05, 0) is 97.7 Å². The predicted octanol–water partition coefficient (Wildman–Crippen LogP) is 11.1. The molecule has 4 nitrogen and oxygen atoms in total. The number of anilines is 2. The van der Waals surface area contributed by atoms with Gasteiger partial charge in [0.1, 0.15) is 12.7 Å². The second-order valence-electron chi connectivity index (χ2n) is 14.6. The largest absolute Gasteiger partial charge is 0.367 e. The van der Waals surface area contributed by atoms with Crippen LogP contribution in [0.25, 0.3) is 18.2 Å². The van der Waals surface area contributed by atoms with Crippen LogP contribution in [0.4, 0.5) is 11.4 Å². The first kappa shape index (κ1) is 41.9. The highest BCUT2D eigenvalue weighted by Gasteiger charge is 2.10. The van der Waals surface area contributed by atoms with E-state index >= 15 is 0 Å². The van der Waals surface area contributed by atoms with Gasteiger partial charge in [0.05, 0.1) is 12.7 Å². The van der Waals surface area contributed by atoms with Gasteiger partial charge in [0.15, 0.2) is 12.4 Å². The molecule has 1 aromatic heterocycles. The number of nitrogens with zero attached hydrogens (tertiary/aromatic N) is 3. The number of rotatable bonds is 23. The van der Waals surface area contributed by atoms with Gasteiger partial charge in [-0.3, -0.25) is 4.90 Å². The molecule has 0 saturated carbocycles. The molecule has 1 aliphatic heterocycles. The van der Waals surface area contributed by atoms with Gasteiger partial charge in [-0.2, -0.15) is 0 Å². The molecule has 294 valence electrons. The zero-order valence-electron chi connectivity index (χ0n) is 33.9. The van der Waals surface area contributed by atoms with Crippen molar-refractivity contribution in [3.63, 3.8) is 0 Å². The molecule has 1 aliphatic rings. The van der Waals surface area contributed by atoms with E-state index in [4.69, 9.17) is 0 Å². The van der Waals surface area contributed by atoms with E-state index in [1.54, 1.807) is 0 Å². The Kier molecular flexibility index (Phi) is 17.2. The van der Waals surface area contributed by atoms with Crippen molar-refractivity contribution in [1.82, 2.24) is 0 Å². The summed E-state index contributed by atoms with van der Waals surface area (Å²) < 4.78 is 2.18. The summed E-state index contributed by atoms with van der Waals surface area (Å²) in [4.78, 5) is 6.48. The Labute approximate surface area is 350 Å². The van der Waals surface area contributed by atoms with Crippen LogP contribution in [0, 0.1) is 0 Å². The monoisotopic (exact) mass is 792 g/mol. The third kappa shape index (κ3) is 14.3. The smallest absolute Gasteiger partial charge is 0.169 e. The van der Waals surface area contributed by atoms with Crippen LogP contribution in [-0.4, -0.2) is 31.1 Å². The minimum atomic E-state index is 0.927. The van der Waals surface area contributed by atoms with Crippen LogP contribution in [-0.2, 0) is 19.6 Å². The van der Waals surface area contributed by atoms with Gasteiger partial charge in [0.25, 0.3) is 0 Å². The van der Waals surface area contributed by atoms with Gasteiger partial charge in [0, 0.05) is 72.8 Å². The summed E-state index contributed by atoms with van der Waals surface area (Å²) in [5.74, 6) is 2.39. The second kappa shape index (κ2) is 23.5. The first-order valence-corrected chi connectivity index (χ1v) is 23.3. The average molecular weight is 793 g/mol. The number of hydrogen-bond acceptors (Lipinski definition) is 4. The van der Waals surface area contributed by atoms with Crippen LogP contribution in [0.2, 0.25) is 0 Å². The van der Waals surface area contributed by atoms with Crippen molar-refractivity contribution < 1.29 is 9.47 Å². The number of unbranched alkanes of at least 4 members (excludes halogenated alkanes) is 2. The topological polar surface area (TPSA) is 14.8 Å². The molecule has 0 spiro atoms. The minimum absolute atomic E-state index is 0.927. The standard InChI is InChI=1S/C51H59N4S2/c1-3-52-36-31-46(32-37-52)20-19-44-23-27-50(28-24-44)54(42-47-15-7-5-8-16-47)34-11-13-39-56-57-40-14-12-35-55(43-48-17-9-6-10-18-48)51-29-25-45(26-30-51)21-22-49-33-38-53(4-2)41-49/h5-10,15-33,36-38,41H,3-4,11-14,34-35,39-40,42-43H2,1-2H3/q+1/p+1/b22-21+. The van der Waals surface area contributed by atoms with Crippen LogP contribution < -0.4 is 19.3 Å². The summed E-state index contributed by atoms with van der Waals surface area (Å²) in [6.45, 7) is 10.4. The highest BCUT2D eigenvalue weighted by atomic mass is 33.1. The van der Waals surface area contributed by atoms with Gasteiger partial charge >= 0.3 is 0 Å². The summed E-state index contributed by atoms with van der Waals surface area (Å²) in [7, 11) is 4.09. The molecule has 6 heteroatoms. The highest BCUT2D eigenvalue weighted by molar-refractivity contribution is 8.76. The van der Waals surface area contributed by atoms with Crippen molar-refractivity contribution in [2.75, 3.05) is 40.9 Å². The van der Waals surface area contributed by atoms with Crippen molar-refractivity contribution in [1.29, 1.82) is 0 Å². The van der Waals surface area contributed by atoms with Gasteiger partial charge in [-0.15, -0.1) is 0 Å². The zero-order chi connectivity index (χ0) is 39.3. The van der Waals surface area contributed by atoms with Crippen LogP contribution >= 0.6 is 21.6 Å². The first-order valence-electron chi connectivity index (χ1n) is 20.8. The van der Waals surface area contributed by atoms with Crippen LogP contribution in [0.5, 0.6) is 0 Å².